The first-order valence-electron chi connectivity index (χ1n) is 9.41. The fraction of sp³-hybridized carbons (Fsp3) is 0.316. The van der Waals surface area contributed by atoms with Gasteiger partial charge in [0.1, 0.15) is 16.8 Å². The Balaban J connectivity index is 1.42. The van der Waals surface area contributed by atoms with Crippen LogP contribution in [0.25, 0.3) is 0 Å². The van der Waals surface area contributed by atoms with Crippen molar-refractivity contribution in [1.29, 1.82) is 0 Å². The number of H-pyrrole nitrogens is 1. The maximum absolute atomic E-state index is 12.7. The normalized spacial score (nSPS) is 21.3. The molecule has 1 aromatic heterocycles. The van der Waals surface area contributed by atoms with E-state index in [1.165, 1.54) is 28.4 Å². The number of aromatic amines is 1. The number of nitrogens with one attached hydrogen (secondary N) is 2. The molecule has 2 amide bonds. The Morgan fingerprint density at radius 3 is 2.74 bits per heavy atom. The molecule has 2 aliphatic heterocycles. The second-order valence-corrected chi connectivity index (χ2v) is 9.34. The van der Waals surface area contributed by atoms with Crippen molar-refractivity contribution in [1.82, 2.24) is 25.6 Å². The zero-order valence-corrected chi connectivity index (χ0v) is 17.7. The number of amides is 2. The predicted octanol–water partition coefficient (Wildman–Crippen LogP) is 1.11. The van der Waals surface area contributed by atoms with Crippen molar-refractivity contribution in [2.24, 2.45) is 0 Å². The number of carbonyl (C=O) groups is 3. The lowest BCUT2D eigenvalue weighted by Crippen LogP contribution is -2.71. The van der Waals surface area contributed by atoms with Gasteiger partial charge in [-0.1, -0.05) is 42.1 Å². The predicted molar refractivity (Wildman–Crippen MR) is 113 cm³/mol. The van der Waals surface area contributed by atoms with Crippen molar-refractivity contribution in [3.63, 3.8) is 0 Å². The number of carboxylic acids is 1. The molecule has 1 saturated heterocycles. The van der Waals surface area contributed by atoms with E-state index in [4.69, 9.17) is 0 Å². The molecule has 0 aliphatic carbocycles. The quantitative estimate of drug-likeness (QED) is 0.258. The summed E-state index contributed by atoms with van der Waals surface area (Å²) < 4.78 is 0. The van der Waals surface area contributed by atoms with Crippen LogP contribution in [0.1, 0.15) is 24.5 Å². The second-order valence-electron chi connectivity index (χ2n) is 6.91. The number of carbonyl (C=O) groups excluding carboxylic acids is 2. The molecule has 1 fully saturated rings. The maximum Gasteiger partial charge on any atom is 0.353 e. The highest BCUT2D eigenvalue weighted by Gasteiger charge is 2.53. The lowest BCUT2D eigenvalue weighted by molar-refractivity contribution is -0.156. The highest BCUT2D eigenvalue weighted by atomic mass is 32.2. The fourth-order valence-corrected chi connectivity index (χ4v) is 5.71. The molecule has 3 atom stereocenters. The summed E-state index contributed by atoms with van der Waals surface area (Å²) in [5.74, 6) is -2.35. The number of aliphatic carboxylic acids is 1. The average molecular weight is 462 g/mol. The molecule has 162 valence electrons. The zero-order chi connectivity index (χ0) is 22.0. The van der Waals surface area contributed by atoms with E-state index in [1.54, 1.807) is 36.5 Å². The second kappa shape index (κ2) is 9.12. The van der Waals surface area contributed by atoms with Crippen LogP contribution in [0.4, 0.5) is 0 Å². The van der Waals surface area contributed by atoms with Gasteiger partial charge in [-0.25, -0.2) is 4.79 Å². The molecule has 4 N–H and O–H groups in total. The van der Waals surface area contributed by atoms with Gasteiger partial charge in [-0.2, -0.15) is 10.3 Å². The van der Waals surface area contributed by atoms with Crippen LogP contribution in [0.2, 0.25) is 0 Å². The molecule has 1 aromatic carbocycles. The van der Waals surface area contributed by atoms with E-state index in [9.17, 15) is 24.6 Å². The SMILES string of the molecule is O=C(O)C1=C(SCSc2cn[nH]n2)CC[C@@H]2[C@H](NC(=O)[C@H](O)c3ccccc3)C(=O)N12. The summed E-state index contributed by atoms with van der Waals surface area (Å²) in [6.45, 7) is 0. The van der Waals surface area contributed by atoms with E-state index in [1.807, 2.05) is 0 Å². The van der Waals surface area contributed by atoms with Crippen molar-refractivity contribution in [3.8, 4) is 0 Å². The molecule has 12 heteroatoms. The minimum atomic E-state index is -1.40. The van der Waals surface area contributed by atoms with E-state index in [0.29, 0.717) is 33.4 Å². The van der Waals surface area contributed by atoms with E-state index in [-0.39, 0.29) is 5.70 Å². The largest absolute Gasteiger partial charge is 0.477 e. The molecule has 4 rings (SSSR count). The number of nitrogens with zero attached hydrogens (tertiary/aromatic N) is 3. The highest BCUT2D eigenvalue weighted by Crippen LogP contribution is 2.42. The number of β-lactam (4-membered cyclic amide) rings is 1. The number of aliphatic hydroxyl groups excluding tert-OH is 1. The molecule has 10 nitrogen and oxygen atoms in total. The van der Waals surface area contributed by atoms with Gasteiger partial charge < -0.3 is 15.5 Å². The molecule has 0 saturated carbocycles. The fourth-order valence-electron chi connectivity index (χ4n) is 3.61. The summed E-state index contributed by atoms with van der Waals surface area (Å²) in [4.78, 5) is 38.9. The Kier molecular flexibility index (Phi) is 6.30. The first-order chi connectivity index (χ1) is 15.0. The monoisotopic (exact) mass is 461 g/mol. The summed E-state index contributed by atoms with van der Waals surface area (Å²) in [5, 5.41) is 33.9. The van der Waals surface area contributed by atoms with Gasteiger partial charge in [0.2, 0.25) is 0 Å². The third kappa shape index (κ3) is 4.31. The van der Waals surface area contributed by atoms with Crippen molar-refractivity contribution in [2.45, 2.75) is 36.1 Å². The number of allylic oxidation sites excluding steroid dienone is 1. The number of aromatic nitrogens is 3. The third-order valence-corrected chi connectivity index (χ3v) is 7.27. The Morgan fingerprint density at radius 2 is 2.06 bits per heavy atom. The van der Waals surface area contributed by atoms with Gasteiger partial charge in [-0.15, -0.1) is 16.9 Å². The molecular formula is C19H19N5O5S2. The lowest BCUT2D eigenvalue weighted by Gasteiger charge is -2.50. The van der Waals surface area contributed by atoms with Crippen LogP contribution in [0.5, 0.6) is 0 Å². The summed E-state index contributed by atoms with van der Waals surface area (Å²) in [7, 11) is 0. The number of thioether (sulfide) groups is 2. The number of hydrogen-bond acceptors (Lipinski definition) is 8. The lowest BCUT2D eigenvalue weighted by atomic mass is 9.86. The van der Waals surface area contributed by atoms with E-state index in [0.717, 1.165) is 0 Å². The molecule has 31 heavy (non-hydrogen) atoms. The van der Waals surface area contributed by atoms with E-state index >= 15 is 0 Å². The van der Waals surface area contributed by atoms with Crippen molar-refractivity contribution in [2.75, 3.05) is 5.08 Å². The first kappa shape index (κ1) is 21.4. The van der Waals surface area contributed by atoms with Gasteiger partial charge in [-0.05, 0) is 18.4 Å². The Labute approximate surface area is 185 Å². The summed E-state index contributed by atoms with van der Waals surface area (Å²) in [6, 6.07) is 7.11. The van der Waals surface area contributed by atoms with Gasteiger partial charge in [-0.3, -0.25) is 14.5 Å². The standard InChI is InChI=1S/C19H19N5O5S2/c25-16(10-4-2-1-3-5-10)17(26)21-14-11-6-7-12(15(19(28)29)24(11)18(14)27)30-9-31-13-8-20-23-22-13/h1-5,8,11,14,16,25H,6-7,9H2,(H,21,26)(H,28,29)(H,20,22,23)/t11-,14+,16-/m1/s1. The smallest absolute Gasteiger partial charge is 0.353 e. The van der Waals surface area contributed by atoms with Crippen LogP contribution in [-0.2, 0) is 14.4 Å². The molecule has 0 unspecified atom stereocenters. The van der Waals surface area contributed by atoms with Crippen molar-refractivity contribution in [3.05, 3.63) is 52.7 Å². The van der Waals surface area contributed by atoms with Crippen molar-refractivity contribution >= 4 is 41.3 Å². The number of benzene rings is 1. The Hall–Kier alpha value is -2.83. The van der Waals surface area contributed by atoms with Gasteiger partial charge in [0.05, 0.1) is 17.3 Å². The third-order valence-electron chi connectivity index (χ3n) is 5.09. The number of hydrogen-bond donors (Lipinski definition) is 4. The van der Waals surface area contributed by atoms with Crippen LogP contribution >= 0.6 is 23.5 Å². The molecule has 0 bridgehead atoms. The topological polar surface area (TPSA) is 149 Å². The molecular weight excluding hydrogens is 442 g/mol. The van der Waals surface area contributed by atoms with Gasteiger partial charge >= 0.3 is 5.97 Å². The average Bonchev–Trinajstić information content (AvgIpc) is 3.30. The number of fused-ring (bicyclic) bond motifs is 1. The van der Waals surface area contributed by atoms with Crippen molar-refractivity contribution < 1.29 is 24.6 Å². The van der Waals surface area contributed by atoms with Gasteiger partial charge in [0.25, 0.3) is 11.8 Å². The molecule has 3 heterocycles. The first-order valence-corrected chi connectivity index (χ1v) is 11.4. The Bertz CT molecular complexity index is 1010. The number of aliphatic hydroxyl groups is 1. The molecule has 2 aromatic rings. The molecule has 0 radical (unpaired) electrons. The minimum absolute atomic E-state index is 0.0406. The zero-order valence-electron chi connectivity index (χ0n) is 16.1. The minimum Gasteiger partial charge on any atom is -0.477 e. The number of carboxylic acid groups (broad SMARTS) is 1. The van der Waals surface area contributed by atoms with Crippen LogP contribution < -0.4 is 5.32 Å². The van der Waals surface area contributed by atoms with E-state index < -0.39 is 36.0 Å². The van der Waals surface area contributed by atoms with Crippen LogP contribution in [-0.4, -0.2) is 65.5 Å². The highest BCUT2D eigenvalue weighted by molar-refractivity contribution is 8.17. The van der Waals surface area contributed by atoms with Crippen LogP contribution in [0, 0.1) is 0 Å². The molecule has 2 aliphatic rings. The van der Waals surface area contributed by atoms with Crippen LogP contribution in [0.15, 0.2) is 52.2 Å². The summed E-state index contributed by atoms with van der Waals surface area (Å²) >= 11 is 2.76. The van der Waals surface area contributed by atoms with E-state index in [2.05, 4.69) is 20.7 Å². The van der Waals surface area contributed by atoms with Gasteiger partial charge in [0, 0.05) is 4.91 Å². The Morgan fingerprint density at radius 1 is 1.29 bits per heavy atom. The summed E-state index contributed by atoms with van der Waals surface area (Å²) in [6.07, 6.45) is 1.17. The molecule has 0 spiro atoms. The maximum atomic E-state index is 12.7. The number of rotatable bonds is 8. The summed E-state index contributed by atoms with van der Waals surface area (Å²) in [5.41, 5.74) is 0.378. The van der Waals surface area contributed by atoms with Gasteiger partial charge in [0.15, 0.2) is 6.10 Å². The van der Waals surface area contributed by atoms with Crippen LogP contribution in [0.3, 0.4) is 0 Å².